The number of benzene rings is 10. The average molecular weight is 869 g/mol. The maximum atomic E-state index is 2.57. The minimum Gasteiger partial charge on any atom is -0.309 e. The Morgan fingerprint density at radius 1 is 0.368 bits per heavy atom. The van der Waals surface area contributed by atoms with Crippen molar-refractivity contribution >= 4 is 81.5 Å². The highest BCUT2D eigenvalue weighted by Crippen LogP contribution is 2.54. The normalized spacial score (nSPS) is 15.6. The smallest absolute Gasteiger partial charge is 0.0547 e. The summed E-state index contributed by atoms with van der Waals surface area (Å²) in [5.74, 6) is 0. The highest BCUT2D eigenvalue weighted by Gasteiger charge is 2.39. The van der Waals surface area contributed by atoms with Crippen LogP contribution in [-0.2, 0) is 10.8 Å². The Kier molecular flexibility index (Phi) is 7.51. The highest BCUT2D eigenvalue weighted by molar-refractivity contribution is 6.35. The molecule has 0 fully saturated rings. The molecule has 0 bridgehead atoms. The number of hydrogen-bond donors (Lipinski definition) is 0. The van der Waals surface area contributed by atoms with Crippen molar-refractivity contribution in [3.8, 4) is 33.6 Å². The van der Waals surface area contributed by atoms with Crippen LogP contribution in [0.15, 0.2) is 200 Å². The van der Waals surface area contributed by atoms with Crippen molar-refractivity contribution in [3.63, 3.8) is 0 Å². The Morgan fingerprint density at radius 2 is 1.00 bits per heavy atom. The van der Waals surface area contributed by atoms with Crippen molar-refractivity contribution in [2.45, 2.75) is 51.4 Å². The van der Waals surface area contributed by atoms with E-state index >= 15 is 0 Å². The van der Waals surface area contributed by atoms with Gasteiger partial charge >= 0.3 is 0 Å². The molecular weight excluding hydrogens is 821 g/mol. The standard InChI is InChI=1S/C66H48N2/c1-65(2)55-25-12-9-21-46(55)48-30-29-42(36-57(48)65)67-59-27-14-11-23-49(59)53-35-40(28-32-60(53)67)39-16-15-17-41(34-39)68-61-33-31-51-45-20-6-5-18-43(45)44-19-7-8-24-50(44)63(51)64(61)54-37-52-47-22-10-13-26-56(47)66(3,4)58(52)38-62(54)68/h5-12,14-25,27-38H,13,26H2,1-4H3. The lowest BCUT2D eigenvalue weighted by Crippen LogP contribution is -2.17. The topological polar surface area (TPSA) is 9.86 Å². The first-order valence-corrected chi connectivity index (χ1v) is 24.4. The van der Waals surface area contributed by atoms with Crippen LogP contribution in [0.25, 0.3) is 115 Å². The number of fused-ring (bicyclic) bond motifs is 18. The number of aromatic nitrogens is 2. The molecule has 2 aromatic heterocycles. The monoisotopic (exact) mass is 868 g/mol. The van der Waals surface area contributed by atoms with Gasteiger partial charge in [0.2, 0.25) is 0 Å². The molecule has 0 saturated carbocycles. The molecule has 2 heteroatoms. The molecule has 0 atom stereocenters. The van der Waals surface area contributed by atoms with Crippen molar-refractivity contribution in [1.82, 2.24) is 9.13 Å². The lowest BCUT2D eigenvalue weighted by molar-refractivity contribution is 0.608. The van der Waals surface area contributed by atoms with Crippen molar-refractivity contribution in [3.05, 3.63) is 222 Å². The van der Waals surface area contributed by atoms with E-state index in [-0.39, 0.29) is 10.8 Å². The van der Waals surface area contributed by atoms with Crippen LogP contribution in [0.3, 0.4) is 0 Å². The second-order valence-electron chi connectivity index (χ2n) is 20.7. The largest absolute Gasteiger partial charge is 0.309 e. The Morgan fingerprint density at radius 3 is 1.84 bits per heavy atom. The first-order valence-electron chi connectivity index (χ1n) is 24.4. The van der Waals surface area contributed by atoms with Gasteiger partial charge in [0.1, 0.15) is 0 Å². The lowest BCUT2D eigenvalue weighted by atomic mass is 9.78. The third kappa shape index (κ3) is 4.92. The van der Waals surface area contributed by atoms with Gasteiger partial charge in [-0.1, -0.05) is 167 Å². The molecule has 2 heterocycles. The minimum atomic E-state index is -0.0750. The second kappa shape index (κ2) is 13.4. The summed E-state index contributed by atoms with van der Waals surface area (Å²) in [7, 11) is 0. The summed E-state index contributed by atoms with van der Waals surface area (Å²) in [4.78, 5) is 0. The van der Waals surface area contributed by atoms with Gasteiger partial charge in [0.15, 0.2) is 0 Å². The summed E-state index contributed by atoms with van der Waals surface area (Å²) in [6.45, 7) is 9.62. The summed E-state index contributed by atoms with van der Waals surface area (Å²) in [5.41, 5.74) is 20.9. The Hall–Kier alpha value is -7.94. The predicted molar refractivity (Wildman–Crippen MR) is 289 cm³/mol. The fraction of sp³-hybridized carbons (Fsp3) is 0.121. The van der Waals surface area contributed by atoms with Crippen molar-refractivity contribution < 1.29 is 0 Å². The Bertz CT molecular complexity index is 4280. The summed E-state index contributed by atoms with van der Waals surface area (Å²) < 4.78 is 5.04. The summed E-state index contributed by atoms with van der Waals surface area (Å²) in [5, 5.41) is 13.0. The molecule has 0 unspecified atom stereocenters. The average Bonchev–Trinajstić information content (AvgIpc) is 4.04. The van der Waals surface area contributed by atoms with Gasteiger partial charge in [0.05, 0.1) is 22.1 Å². The minimum absolute atomic E-state index is 0.0483. The third-order valence-electron chi connectivity index (χ3n) is 16.6. The number of rotatable bonds is 3. The second-order valence-corrected chi connectivity index (χ2v) is 20.7. The van der Waals surface area contributed by atoms with Gasteiger partial charge in [-0.05, 0) is 151 Å². The van der Waals surface area contributed by atoms with Gasteiger partial charge in [0.25, 0.3) is 0 Å². The van der Waals surface area contributed by atoms with Gasteiger partial charge in [0, 0.05) is 49.1 Å². The van der Waals surface area contributed by atoms with Crippen LogP contribution < -0.4 is 0 Å². The molecule has 0 amide bonds. The molecule has 0 saturated heterocycles. The molecule has 10 aromatic carbocycles. The third-order valence-corrected chi connectivity index (χ3v) is 16.6. The molecule has 322 valence electrons. The zero-order valence-corrected chi connectivity index (χ0v) is 38.8. The van der Waals surface area contributed by atoms with E-state index in [1.165, 1.54) is 137 Å². The van der Waals surface area contributed by atoms with Crippen LogP contribution in [0, 0.1) is 0 Å². The number of allylic oxidation sites excluding steroid dienone is 4. The van der Waals surface area contributed by atoms with E-state index in [9.17, 15) is 0 Å². The molecule has 0 N–H and O–H groups in total. The molecule has 3 aliphatic rings. The molecule has 68 heavy (non-hydrogen) atoms. The molecule has 0 aliphatic heterocycles. The highest BCUT2D eigenvalue weighted by atomic mass is 15.0. The van der Waals surface area contributed by atoms with Crippen LogP contribution in [0.4, 0.5) is 0 Å². The van der Waals surface area contributed by atoms with E-state index in [0.29, 0.717) is 0 Å². The molecule has 0 spiro atoms. The van der Waals surface area contributed by atoms with E-state index in [1.54, 1.807) is 5.57 Å². The number of para-hydroxylation sites is 1. The van der Waals surface area contributed by atoms with Gasteiger partial charge in [-0.3, -0.25) is 0 Å². The zero-order valence-electron chi connectivity index (χ0n) is 38.8. The summed E-state index contributed by atoms with van der Waals surface area (Å²) in [6.07, 6.45) is 7.00. The number of nitrogens with zero attached hydrogens (tertiary/aromatic N) is 2. The van der Waals surface area contributed by atoms with Crippen molar-refractivity contribution in [2.24, 2.45) is 0 Å². The Balaban J connectivity index is 0.951. The van der Waals surface area contributed by atoms with Crippen LogP contribution in [0.1, 0.15) is 62.8 Å². The number of hydrogen-bond acceptors (Lipinski definition) is 0. The molecule has 15 rings (SSSR count). The van der Waals surface area contributed by atoms with Crippen LogP contribution in [0.2, 0.25) is 0 Å². The van der Waals surface area contributed by atoms with Crippen molar-refractivity contribution in [1.29, 1.82) is 0 Å². The molecular formula is C66H48N2. The van der Waals surface area contributed by atoms with Crippen LogP contribution in [-0.4, -0.2) is 9.13 Å². The predicted octanol–water partition coefficient (Wildman–Crippen LogP) is 17.7. The van der Waals surface area contributed by atoms with Crippen LogP contribution in [0.5, 0.6) is 0 Å². The quantitative estimate of drug-likeness (QED) is 0.157. The van der Waals surface area contributed by atoms with E-state index in [1.807, 2.05) is 0 Å². The maximum absolute atomic E-state index is 2.57. The molecule has 3 aliphatic carbocycles. The van der Waals surface area contributed by atoms with Gasteiger partial charge in [-0.15, -0.1) is 0 Å². The first-order chi connectivity index (χ1) is 33.3. The molecule has 2 nitrogen and oxygen atoms in total. The molecule has 12 aromatic rings. The van der Waals surface area contributed by atoms with E-state index in [0.717, 1.165) is 12.8 Å². The Labute approximate surface area is 395 Å². The maximum Gasteiger partial charge on any atom is 0.0547 e. The van der Waals surface area contributed by atoms with Gasteiger partial charge in [-0.2, -0.15) is 0 Å². The first kappa shape index (κ1) is 38.2. The van der Waals surface area contributed by atoms with Gasteiger partial charge in [-0.25, -0.2) is 0 Å². The van der Waals surface area contributed by atoms with Crippen molar-refractivity contribution in [2.75, 3.05) is 0 Å². The van der Waals surface area contributed by atoms with E-state index in [2.05, 4.69) is 231 Å². The van der Waals surface area contributed by atoms with E-state index in [4.69, 9.17) is 0 Å². The summed E-state index contributed by atoms with van der Waals surface area (Å²) in [6, 6.07) is 69.2. The SMILES string of the molecule is CC1(C)C2=C(C=CCC2)c2cc3c4c5c6ccccc6c6ccccc6c5ccc4n(-c4cccc(-c5ccc6c(c5)c5ccccc5n6-c5ccc6c(c5)C(C)(C)c5ccccc5-6)c4)c3cc21. The fourth-order valence-corrected chi connectivity index (χ4v) is 13.4. The lowest BCUT2D eigenvalue weighted by Gasteiger charge is -2.25. The fourth-order valence-electron chi connectivity index (χ4n) is 13.4. The van der Waals surface area contributed by atoms with Crippen LogP contribution >= 0.6 is 0 Å². The van der Waals surface area contributed by atoms with Gasteiger partial charge < -0.3 is 9.13 Å². The van der Waals surface area contributed by atoms with E-state index < -0.39 is 0 Å². The summed E-state index contributed by atoms with van der Waals surface area (Å²) >= 11 is 0. The molecule has 0 radical (unpaired) electrons. The zero-order chi connectivity index (χ0) is 45.2.